The highest BCUT2D eigenvalue weighted by Crippen LogP contribution is 2.39. The molecule has 24 heavy (non-hydrogen) atoms. The number of benzene rings is 2. The number of hydrogen-bond acceptors (Lipinski definition) is 3. The van der Waals surface area contributed by atoms with Gasteiger partial charge in [0.1, 0.15) is 0 Å². The van der Waals surface area contributed by atoms with Crippen LogP contribution in [0.5, 0.6) is 0 Å². The van der Waals surface area contributed by atoms with Crippen molar-refractivity contribution in [3.05, 3.63) is 76.7 Å². The molecule has 0 saturated heterocycles. The maximum atomic E-state index is 13.0. The first kappa shape index (κ1) is 16.1. The van der Waals surface area contributed by atoms with E-state index in [-0.39, 0.29) is 17.0 Å². The highest BCUT2D eigenvalue weighted by atomic mass is 19.4. The van der Waals surface area contributed by atoms with Crippen molar-refractivity contribution < 1.29 is 22.7 Å². The fourth-order valence-corrected chi connectivity index (χ4v) is 2.67. The van der Waals surface area contributed by atoms with Gasteiger partial charge < -0.3 is 10.5 Å². The van der Waals surface area contributed by atoms with E-state index in [2.05, 4.69) is 0 Å². The number of ketones is 1. The van der Waals surface area contributed by atoms with E-state index in [1.54, 1.807) is 37.3 Å². The molecule has 0 radical (unpaired) electrons. The summed E-state index contributed by atoms with van der Waals surface area (Å²) in [7, 11) is 0. The van der Waals surface area contributed by atoms with Crippen LogP contribution < -0.4 is 5.73 Å². The standard InChI is InChI=1S/C18H14F3NO2/c1-10-7-8-12(18(19,20)21)9-13(10)14-15(23)16(24-17(14)22)11-5-3-2-4-6-11/h2-9,16H,22H2,1H3. The smallest absolute Gasteiger partial charge is 0.416 e. The highest BCUT2D eigenvalue weighted by molar-refractivity contribution is 6.25. The number of hydrogen-bond donors (Lipinski definition) is 1. The SMILES string of the molecule is Cc1ccc(C(F)(F)F)cc1C1=C(N)OC(c2ccccc2)C1=O. The van der Waals surface area contributed by atoms with Crippen LogP contribution in [0.25, 0.3) is 5.57 Å². The molecule has 0 spiro atoms. The van der Waals surface area contributed by atoms with Crippen molar-refractivity contribution in [2.45, 2.75) is 19.2 Å². The summed E-state index contributed by atoms with van der Waals surface area (Å²) in [5.41, 5.74) is 6.24. The number of rotatable bonds is 2. The average Bonchev–Trinajstić information content (AvgIpc) is 2.83. The van der Waals surface area contributed by atoms with E-state index >= 15 is 0 Å². The van der Waals surface area contributed by atoms with Crippen LogP contribution in [-0.4, -0.2) is 5.78 Å². The zero-order valence-electron chi connectivity index (χ0n) is 12.7. The molecule has 3 nitrogen and oxygen atoms in total. The molecule has 1 aliphatic heterocycles. The molecule has 3 rings (SSSR count). The zero-order valence-corrected chi connectivity index (χ0v) is 12.7. The zero-order chi connectivity index (χ0) is 17.5. The van der Waals surface area contributed by atoms with E-state index in [1.807, 2.05) is 0 Å². The predicted molar refractivity (Wildman–Crippen MR) is 82.6 cm³/mol. The largest absolute Gasteiger partial charge is 0.462 e. The lowest BCUT2D eigenvalue weighted by Gasteiger charge is -2.12. The second kappa shape index (κ2) is 5.70. The van der Waals surface area contributed by atoms with Gasteiger partial charge in [0.15, 0.2) is 12.0 Å². The monoisotopic (exact) mass is 333 g/mol. The minimum absolute atomic E-state index is 0.00699. The molecule has 1 aliphatic rings. The third-order valence-corrected chi connectivity index (χ3v) is 3.91. The van der Waals surface area contributed by atoms with E-state index in [0.29, 0.717) is 11.1 Å². The Morgan fingerprint density at radius 2 is 1.75 bits per heavy atom. The Kier molecular flexibility index (Phi) is 3.83. The van der Waals surface area contributed by atoms with E-state index in [9.17, 15) is 18.0 Å². The molecule has 0 aliphatic carbocycles. The van der Waals surface area contributed by atoms with E-state index in [0.717, 1.165) is 12.1 Å². The summed E-state index contributed by atoms with van der Waals surface area (Å²) < 4.78 is 44.3. The number of ether oxygens (including phenoxy) is 1. The Labute approximate surface area is 136 Å². The van der Waals surface area contributed by atoms with Gasteiger partial charge in [0.25, 0.3) is 0 Å². The van der Waals surface area contributed by atoms with Gasteiger partial charge in [-0.25, -0.2) is 0 Å². The van der Waals surface area contributed by atoms with Crippen molar-refractivity contribution in [3.63, 3.8) is 0 Å². The Morgan fingerprint density at radius 1 is 1.08 bits per heavy atom. The molecule has 0 aromatic heterocycles. The van der Waals surface area contributed by atoms with Crippen LogP contribution in [0.4, 0.5) is 13.2 Å². The first-order chi connectivity index (χ1) is 11.3. The number of carbonyl (C=O) groups is 1. The first-order valence-corrected chi connectivity index (χ1v) is 7.23. The van der Waals surface area contributed by atoms with Gasteiger partial charge in [-0.05, 0) is 30.2 Å². The maximum absolute atomic E-state index is 13.0. The minimum atomic E-state index is -4.50. The molecule has 1 atom stereocenters. The van der Waals surface area contributed by atoms with Crippen molar-refractivity contribution in [2.75, 3.05) is 0 Å². The van der Waals surface area contributed by atoms with Crippen LogP contribution in [0.15, 0.2) is 54.4 Å². The van der Waals surface area contributed by atoms with Crippen molar-refractivity contribution in [2.24, 2.45) is 5.73 Å². The first-order valence-electron chi connectivity index (χ1n) is 7.23. The van der Waals surface area contributed by atoms with Gasteiger partial charge in [-0.15, -0.1) is 0 Å². The lowest BCUT2D eigenvalue weighted by Crippen LogP contribution is -2.11. The topological polar surface area (TPSA) is 52.3 Å². The molecule has 2 N–H and O–H groups in total. The third kappa shape index (κ3) is 2.75. The molecular formula is C18H14F3NO2. The molecule has 0 amide bonds. The molecule has 6 heteroatoms. The molecule has 0 bridgehead atoms. The van der Waals surface area contributed by atoms with Gasteiger partial charge >= 0.3 is 6.18 Å². The molecule has 124 valence electrons. The fraction of sp³-hybridized carbons (Fsp3) is 0.167. The van der Waals surface area contributed by atoms with Crippen molar-refractivity contribution in [3.8, 4) is 0 Å². The van der Waals surface area contributed by atoms with Gasteiger partial charge in [0, 0.05) is 5.56 Å². The summed E-state index contributed by atoms with van der Waals surface area (Å²) >= 11 is 0. The average molecular weight is 333 g/mol. The Bertz CT molecular complexity index is 826. The summed E-state index contributed by atoms with van der Waals surface area (Å²) in [6, 6.07) is 11.9. The van der Waals surface area contributed by atoms with E-state index in [4.69, 9.17) is 10.5 Å². The van der Waals surface area contributed by atoms with Crippen LogP contribution in [0.1, 0.15) is 28.4 Å². The number of halogens is 3. The van der Waals surface area contributed by atoms with E-state index < -0.39 is 23.6 Å². The Morgan fingerprint density at radius 3 is 2.38 bits per heavy atom. The molecule has 0 saturated carbocycles. The highest BCUT2D eigenvalue weighted by Gasteiger charge is 2.38. The maximum Gasteiger partial charge on any atom is 0.416 e. The number of Topliss-reactive ketones (excluding diaryl/α,β-unsaturated/α-hetero) is 1. The van der Waals surface area contributed by atoms with Crippen LogP contribution in [-0.2, 0) is 15.7 Å². The number of nitrogens with two attached hydrogens (primary N) is 1. The lowest BCUT2D eigenvalue weighted by atomic mass is 9.93. The normalized spacial score (nSPS) is 18.0. The molecule has 1 heterocycles. The minimum Gasteiger partial charge on any atom is -0.462 e. The van der Waals surface area contributed by atoms with Gasteiger partial charge in [0.05, 0.1) is 11.1 Å². The predicted octanol–water partition coefficient (Wildman–Crippen LogP) is 3.98. The Hall–Kier alpha value is -2.76. The number of carbonyl (C=O) groups excluding carboxylic acids is 1. The van der Waals surface area contributed by atoms with Gasteiger partial charge in [-0.2, -0.15) is 13.2 Å². The third-order valence-electron chi connectivity index (χ3n) is 3.91. The molecule has 2 aromatic carbocycles. The quantitative estimate of drug-likeness (QED) is 0.904. The van der Waals surface area contributed by atoms with Gasteiger partial charge in [-0.1, -0.05) is 36.4 Å². The van der Waals surface area contributed by atoms with Crippen LogP contribution >= 0.6 is 0 Å². The van der Waals surface area contributed by atoms with Crippen LogP contribution in [0.3, 0.4) is 0 Å². The molecular weight excluding hydrogens is 319 g/mol. The summed E-state index contributed by atoms with van der Waals surface area (Å²) in [5, 5.41) is 0. The van der Waals surface area contributed by atoms with Gasteiger partial charge in [0.2, 0.25) is 5.78 Å². The number of alkyl halides is 3. The number of aryl methyl sites for hydroxylation is 1. The van der Waals surface area contributed by atoms with E-state index in [1.165, 1.54) is 6.07 Å². The lowest BCUT2D eigenvalue weighted by molar-refractivity contribution is -0.137. The second-order valence-electron chi connectivity index (χ2n) is 5.54. The summed E-state index contributed by atoms with van der Waals surface area (Å²) in [5.74, 6) is -0.600. The second-order valence-corrected chi connectivity index (χ2v) is 5.54. The van der Waals surface area contributed by atoms with Crippen molar-refractivity contribution >= 4 is 11.4 Å². The fourth-order valence-electron chi connectivity index (χ4n) is 2.67. The van der Waals surface area contributed by atoms with Gasteiger partial charge in [-0.3, -0.25) is 4.79 Å². The molecule has 2 aromatic rings. The molecule has 1 unspecified atom stereocenters. The summed E-state index contributed by atoms with van der Waals surface area (Å²) in [4.78, 5) is 12.7. The molecule has 0 fully saturated rings. The van der Waals surface area contributed by atoms with Crippen molar-refractivity contribution in [1.82, 2.24) is 0 Å². The summed E-state index contributed by atoms with van der Waals surface area (Å²) in [6.45, 7) is 1.62. The van der Waals surface area contributed by atoms with Crippen LogP contribution in [0.2, 0.25) is 0 Å². The van der Waals surface area contributed by atoms with Crippen LogP contribution in [0, 0.1) is 6.92 Å². The summed E-state index contributed by atoms with van der Waals surface area (Å²) in [6.07, 6.45) is -5.44. The van der Waals surface area contributed by atoms with Crippen molar-refractivity contribution in [1.29, 1.82) is 0 Å². The Balaban J connectivity index is 2.04.